The minimum atomic E-state index is -0.699. The van der Waals surface area contributed by atoms with Gasteiger partial charge >= 0.3 is 6.03 Å². The molecule has 0 aliphatic heterocycles. The first-order valence-electron chi connectivity index (χ1n) is 4.83. The summed E-state index contributed by atoms with van der Waals surface area (Å²) in [6.45, 7) is 0. The number of rotatable bonds is 3. The summed E-state index contributed by atoms with van der Waals surface area (Å²) in [5, 5.41) is 15.0. The SMILES string of the molecule is NC(=O)Nc1nc(-c2cccc([N+](=O)[O-])c2)cs1. The van der Waals surface area contributed by atoms with Gasteiger partial charge in [-0.25, -0.2) is 9.78 Å². The van der Waals surface area contributed by atoms with E-state index in [9.17, 15) is 14.9 Å². The Morgan fingerprint density at radius 2 is 2.28 bits per heavy atom. The van der Waals surface area contributed by atoms with Gasteiger partial charge in [0.05, 0.1) is 10.6 Å². The molecule has 92 valence electrons. The molecule has 0 atom stereocenters. The Morgan fingerprint density at radius 3 is 2.94 bits per heavy atom. The minimum absolute atomic E-state index is 0.00934. The van der Waals surface area contributed by atoms with Crippen molar-refractivity contribution in [2.45, 2.75) is 0 Å². The molecule has 1 aromatic heterocycles. The van der Waals surface area contributed by atoms with Crippen molar-refractivity contribution in [3.05, 3.63) is 39.8 Å². The van der Waals surface area contributed by atoms with E-state index in [1.54, 1.807) is 17.5 Å². The lowest BCUT2D eigenvalue weighted by Crippen LogP contribution is -2.18. The molecule has 0 fully saturated rings. The van der Waals surface area contributed by atoms with E-state index in [1.807, 2.05) is 0 Å². The second kappa shape index (κ2) is 4.80. The van der Waals surface area contributed by atoms with Crippen LogP contribution >= 0.6 is 11.3 Å². The number of benzene rings is 1. The summed E-state index contributed by atoms with van der Waals surface area (Å²) in [5.41, 5.74) is 6.11. The van der Waals surface area contributed by atoms with Crippen LogP contribution in [-0.4, -0.2) is 15.9 Å². The third-order valence-electron chi connectivity index (χ3n) is 2.09. The lowest BCUT2D eigenvalue weighted by Gasteiger charge is -1.97. The van der Waals surface area contributed by atoms with E-state index in [-0.39, 0.29) is 5.69 Å². The molecular formula is C10H8N4O3S. The number of thiazole rings is 1. The van der Waals surface area contributed by atoms with E-state index in [1.165, 1.54) is 23.5 Å². The number of hydrogen-bond donors (Lipinski definition) is 2. The number of carbonyl (C=O) groups excluding carboxylic acids is 1. The third kappa shape index (κ3) is 2.61. The molecule has 0 saturated heterocycles. The zero-order chi connectivity index (χ0) is 13.1. The summed E-state index contributed by atoms with van der Waals surface area (Å²) in [6.07, 6.45) is 0. The van der Waals surface area contributed by atoms with E-state index >= 15 is 0 Å². The molecule has 0 saturated carbocycles. The van der Waals surface area contributed by atoms with Gasteiger partial charge in [0.25, 0.3) is 5.69 Å². The molecule has 0 aliphatic rings. The Labute approximate surface area is 105 Å². The number of hydrogen-bond acceptors (Lipinski definition) is 5. The second-order valence-corrected chi connectivity index (χ2v) is 4.19. The van der Waals surface area contributed by atoms with Gasteiger partial charge in [0.2, 0.25) is 0 Å². The standard InChI is InChI=1S/C10H8N4O3S/c11-9(15)13-10-12-8(5-18-10)6-2-1-3-7(4-6)14(16)17/h1-5H,(H3,11,12,13,15). The lowest BCUT2D eigenvalue weighted by atomic mass is 10.1. The summed E-state index contributed by atoms with van der Waals surface area (Å²) in [7, 11) is 0. The number of nitrogens with two attached hydrogens (primary N) is 1. The van der Waals surface area contributed by atoms with Crippen LogP contribution in [0, 0.1) is 10.1 Å². The highest BCUT2D eigenvalue weighted by molar-refractivity contribution is 7.14. The van der Waals surface area contributed by atoms with Gasteiger partial charge in [-0.1, -0.05) is 12.1 Å². The summed E-state index contributed by atoms with van der Waals surface area (Å²) < 4.78 is 0. The fraction of sp³-hybridized carbons (Fsp3) is 0. The Bertz CT molecular complexity index is 611. The molecule has 1 heterocycles. The van der Waals surface area contributed by atoms with Crippen molar-refractivity contribution in [2.75, 3.05) is 5.32 Å². The largest absolute Gasteiger partial charge is 0.351 e. The van der Waals surface area contributed by atoms with Crippen LogP contribution in [0.4, 0.5) is 15.6 Å². The van der Waals surface area contributed by atoms with Crippen molar-refractivity contribution in [1.29, 1.82) is 0 Å². The molecule has 7 nitrogen and oxygen atoms in total. The molecule has 18 heavy (non-hydrogen) atoms. The quantitative estimate of drug-likeness (QED) is 0.653. The summed E-state index contributed by atoms with van der Waals surface area (Å²) in [6, 6.07) is 5.40. The highest BCUT2D eigenvalue weighted by Gasteiger charge is 2.10. The highest BCUT2D eigenvalue weighted by atomic mass is 32.1. The number of nitrogens with one attached hydrogen (secondary N) is 1. The van der Waals surface area contributed by atoms with Crippen LogP contribution in [0.1, 0.15) is 0 Å². The number of aromatic nitrogens is 1. The van der Waals surface area contributed by atoms with Crippen molar-refractivity contribution < 1.29 is 9.72 Å². The number of carbonyl (C=O) groups is 1. The molecule has 0 radical (unpaired) electrons. The molecule has 1 aromatic carbocycles. The van der Waals surface area contributed by atoms with Crippen molar-refractivity contribution in [3.8, 4) is 11.3 Å². The monoisotopic (exact) mass is 264 g/mol. The van der Waals surface area contributed by atoms with E-state index in [0.717, 1.165) is 0 Å². The van der Waals surface area contributed by atoms with E-state index in [4.69, 9.17) is 5.73 Å². The Hall–Kier alpha value is -2.48. The van der Waals surface area contributed by atoms with Crippen LogP contribution in [0.5, 0.6) is 0 Å². The van der Waals surface area contributed by atoms with Crippen LogP contribution in [0.25, 0.3) is 11.3 Å². The summed E-state index contributed by atoms with van der Waals surface area (Å²) in [5.74, 6) is 0. The van der Waals surface area contributed by atoms with Crippen LogP contribution in [0.15, 0.2) is 29.6 Å². The normalized spacial score (nSPS) is 10.0. The van der Waals surface area contributed by atoms with Gasteiger partial charge in [0, 0.05) is 23.1 Å². The van der Waals surface area contributed by atoms with Gasteiger partial charge in [0.15, 0.2) is 5.13 Å². The predicted molar refractivity (Wildman–Crippen MR) is 67.4 cm³/mol. The molecule has 2 amide bonds. The Balaban J connectivity index is 2.31. The van der Waals surface area contributed by atoms with Crippen LogP contribution < -0.4 is 11.1 Å². The lowest BCUT2D eigenvalue weighted by molar-refractivity contribution is -0.384. The van der Waals surface area contributed by atoms with Gasteiger partial charge in [-0.05, 0) is 0 Å². The zero-order valence-corrected chi connectivity index (χ0v) is 9.81. The average Bonchev–Trinajstić information content (AvgIpc) is 2.77. The van der Waals surface area contributed by atoms with Crippen molar-refractivity contribution >= 4 is 28.2 Å². The second-order valence-electron chi connectivity index (χ2n) is 3.33. The molecule has 0 bridgehead atoms. The molecule has 0 unspecified atom stereocenters. The molecule has 2 rings (SSSR count). The fourth-order valence-corrected chi connectivity index (χ4v) is 2.07. The van der Waals surface area contributed by atoms with Gasteiger partial charge in [-0.3, -0.25) is 15.4 Å². The number of nitrogens with zero attached hydrogens (tertiary/aromatic N) is 2. The molecular weight excluding hydrogens is 256 g/mol. The average molecular weight is 264 g/mol. The van der Waals surface area contributed by atoms with Gasteiger partial charge in [0.1, 0.15) is 0 Å². The molecule has 0 spiro atoms. The number of anilines is 1. The van der Waals surface area contributed by atoms with Gasteiger partial charge in [-0.2, -0.15) is 0 Å². The topological polar surface area (TPSA) is 111 Å². The summed E-state index contributed by atoms with van der Waals surface area (Å²) in [4.78, 5) is 24.9. The van der Waals surface area contributed by atoms with Crippen LogP contribution in [0.3, 0.4) is 0 Å². The van der Waals surface area contributed by atoms with E-state index < -0.39 is 11.0 Å². The molecule has 0 aliphatic carbocycles. The smallest absolute Gasteiger partial charge is 0.318 e. The zero-order valence-electron chi connectivity index (χ0n) is 8.99. The maximum atomic E-state index is 10.6. The van der Waals surface area contributed by atoms with E-state index in [2.05, 4.69) is 10.3 Å². The predicted octanol–water partition coefficient (Wildman–Crippen LogP) is 2.21. The number of urea groups is 1. The number of amides is 2. The van der Waals surface area contributed by atoms with Crippen molar-refractivity contribution in [2.24, 2.45) is 5.73 Å². The first-order valence-corrected chi connectivity index (χ1v) is 5.71. The number of nitro groups is 1. The Kier molecular flexibility index (Phi) is 3.20. The first-order chi connectivity index (χ1) is 8.56. The summed E-state index contributed by atoms with van der Waals surface area (Å²) >= 11 is 1.19. The molecule has 2 aromatic rings. The van der Waals surface area contributed by atoms with E-state index in [0.29, 0.717) is 16.4 Å². The van der Waals surface area contributed by atoms with Gasteiger partial charge < -0.3 is 5.73 Å². The van der Waals surface area contributed by atoms with Crippen molar-refractivity contribution in [1.82, 2.24) is 4.98 Å². The highest BCUT2D eigenvalue weighted by Crippen LogP contribution is 2.27. The van der Waals surface area contributed by atoms with Gasteiger partial charge in [-0.15, -0.1) is 11.3 Å². The van der Waals surface area contributed by atoms with Crippen LogP contribution in [0.2, 0.25) is 0 Å². The molecule has 3 N–H and O–H groups in total. The maximum absolute atomic E-state index is 10.6. The number of non-ortho nitro benzene ring substituents is 1. The fourth-order valence-electron chi connectivity index (χ4n) is 1.35. The van der Waals surface area contributed by atoms with Crippen molar-refractivity contribution in [3.63, 3.8) is 0 Å². The minimum Gasteiger partial charge on any atom is -0.351 e. The third-order valence-corrected chi connectivity index (χ3v) is 2.84. The number of nitro benzene ring substituents is 1. The maximum Gasteiger partial charge on any atom is 0.318 e. The Morgan fingerprint density at radius 1 is 1.50 bits per heavy atom. The van der Waals surface area contributed by atoms with Crippen LogP contribution in [-0.2, 0) is 0 Å². The number of primary amides is 1. The molecule has 8 heteroatoms. The first kappa shape index (κ1) is 12.0.